The summed E-state index contributed by atoms with van der Waals surface area (Å²) in [6, 6.07) is 10.1. The molecule has 0 aromatic heterocycles. The van der Waals surface area contributed by atoms with Crippen molar-refractivity contribution < 1.29 is 0 Å². The first-order chi connectivity index (χ1) is 8.46. The Balaban J connectivity index is 1.88. The van der Waals surface area contributed by atoms with Crippen LogP contribution in [-0.4, -0.2) is 6.04 Å². The maximum Gasteiger partial charge on any atom is 0.0294 e. The molecule has 100 valence electrons. The Labute approximate surface area is 112 Å². The number of benzene rings is 1. The van der Waals surface area contributed by atoms with Gasteiger partial charge in [-0.25, -0.2) is 0 Å². The molecule has 0 amide bonds. The zero-order valence-electron chi connectivity index (χ0n) is 12.3. The predicted molar refractivity (Wildman–Crippen MR) is 78.8 cm³/mol. The normalized spacial score (nSPS) is 21.8. The van der Waals surface area contributed by atoms with E-state index >= 15 is 0 Å². The molecule has 1 aromatic carbocycles. The fraction of sp³-hybridized carbons (Fsp3) is 0.647. The Hall–Kier alpha value is -0.820. The van der Waals surface area contributed by atoms with Gasteiger partial charge in [0.2, 0.25) is 0 Å². The van der Waals surface area contributed by atoms with E-state index in [0.717, 1.165) is 0 Å². The fourth-order valence-electron chi connectivity index (χ4n) is 2.87. The first-order valence-electron chi connectivity index (χ1n) is 7.29. The SMILES string of the molecule is Cc1ccc(C(C)NC2CCC(C)(C)CC2)cc1. The van der Waals surface area contributed by atoms with Gasteiger partial charge in [-0.2, -0.15) is 0 Å². The maximum absolute atomic E-state index is 3.79. The minimum Gasteiger partial charge on any atom is -0.307 e. The van der Waals surface area contributed by atoms with Crippen LogP contribution in [0.5, 0.6) is 0 Å². The van der Waals surface area contributed by atoms with Crippen molar-refractivity contribution in [3.63, 3.8) is 0 Å². The average Bonchev–Trinajstić information content (AvgIpc) is 2.33. The summed E-state index contributed by atoms with van der Waals surface area (Å²) in [7, 11) is 0. The van der Waals surface area contributed by atoms with Crippen LogP contribution in [0.15, 0.2) is 24.3 Å². The quantitative estimate of drug-likeness (QED) is 0.819. The van der Waals surface area contributed by atoms with Gasteiger partial charge in [0.1, 0.15) is 0 Å². The van der Waals surface area contributed by atoms with Crippen LogP contribution in [0.2, 0.25) is 0 Å². The molecule has 1 saturated carbocycles. The van der Waals surface area contributed by atoms with E-state index in [1.807, 2.05) is 0 Å². The molecule has 1 aliphatic rings. The molecule has 1 N–H and O–H groups in total. The summed E-state index contributed by atoms with van der Waals surface area (Å²) in [5, 5.41) is 3.79. The molecule has 1 aromatic rings. The highest BCUT2D eigenvalue weighted by atomic mass is 14.9. The predicted octanol–water partition coefficient (Wildman–Crippen LogP) is 4.61. The van der Waals surface area contributed by atoms with Crippen molar-refractivity contribution in [3.05, 3.63) is 35.4 Å². The molecule has 1 fully saturated rings. The summed E-state index contributed by atoms with van der Waals surface area (Å²) in [4.78, 5) is 0. The molecular weight excluding hydrogens is 218 g/mol. The molecule has 1 aliphatic carbocycles. The second kappa shape index (κ2) is 5.44. The Bertz CT molecular complexity index is 367. The van der Waals surface area contributed by atoms with Crippen LogP contribution in [0.1, 0.15) is 63.6 Å². The van der Waals surface area contributed by atoms with E-state index in [-0.39, 0.29) is 0 Å². The molecule has 2 rings (SSSR count). The Morgan fingerprint density at radius 3 is 2.22 bits per heavy atom. The van der Waals surface area contributed by atoms with E-state index in [0.29, 0.717) is 17.5 Å². The average molecular weight is 245 g/mol. The first-order valence-corrected chi connectivity index (χ1v) is 7.29. The Kier molecular flexibility index (Phi) is 4.11. The lowest BCUT2D eigenvalue weighted by molar-refractivity contribution is 0.200. The lowest BCUT2D eigenvalue weighted by Gasteiger charge is -2.36. The van der Waals surface area contributed by atoms with Gasteiger partial charge in [0.15, 0.2) is 0 Å². The Morgan fingerprint density at radius 2 is 1.67 bits per heavy atom. The maximum atomic E-state index is 3.79. The van der Waals surface area contributed by atoms with E-state index in [9.17, 15) is 0 Å². The van der Waals surface area contributed by atoms with Crippen LogP contribution in [0.3, 0.4) is 0 Å². The number of rotatable bonds is 3. The zero-order chi connectivity index (χ0) is 13.2. The van der Waals surface area contributed by atoms with E-state index < -0.39 is 0 Å². The van der Waals surface area contributed by atoms with Gasteiger partial charge in [-0.1, -0.05) is 43.7 Å². The van der Waals surface area contributed by atoms with Crippen LogP contribution < -0.4 is 5.32 Å². The highest BCUT2D eigenvalue weighted by Gasteiger charge is 2.27. The third kappa shape index (κ3) is 3.58. The molecular formula is C17H27N. The van der Waals surface area contributed by atoms with Gasteiger partial charge < -0.3 is 5.32 Å². The lowest BCUT2D eigenvalue weighted by Crippen LogP contribution is -2.37. The summed E-state index contributed by atoms with van der Waals surface area (Å²) in [5.41, 5.74) is 3.31. The molecule has 18 heavy (non-hydrogen) atoms. The van der Waals surface area contributed by atoms with Crippen LogP contribution in [0.25, 0.3) is 0 Å². The summed E-state index contributed by atoms with van der Waals surface area (Å²) in [6.07, 6.45) is 5.35. The number of aryl methyl sites for hydroxylation is 1. The number of hydrogen-bond acceptors (Lipinski definition) is 1. The smallest absolute Gasteiger partial charge is 0.0294 e. The van der Waals surface area contributed by atoms with Crippen molar-refractivity contribution in [2.24, 2.45) is 5.41 Å². The highest BCUT2D eigenvalue weighted by Crippen LogP contribution is 2.35. The molecule has 0 saturated heterocycles. The third-order valence-corrected chi connectivity index (χ3v) is 4.40. The summed E-state index contributed by atoms with van der Waals surface area (Å²) in [6.45, 7) is 9.22. The van der Waals surface area contributed by atoms with Gasteiger partial charge in [-0.15, -0.1) is 0 Å². The fourth-order valence-corrected chi connectivity index (χ4v) is 2.87. The van der Waals surface area contributed by atoms with Gasteiger partial charge >= 0.3 is 0 Å². The molecule has 0 spiro atoms. The van der Waals surface area contributed by atoms with E-state index in [1.54, 1.807) is 0 Å². The molecule has 0 radical (unpaired) electrons. The molecule has 0 bridgehead atoms. The minimum absolute atomic E-state index is 0.469. The molecule has 1 atom stereocenters. The van der Waals surface area contributed by atoms with Crippen molar-refractivity contribution in [1.29, 1.82) is 0 Å². The van der Waals surface area contributed by atoms with Crippen LogP contribution in [0.4, 0.5) is 0 Å². The largest absolute Gasteiger partial charge is 0.307 e. The second-order valence-electron chi connectivity index (χ2n) is 6.74. The van der Waals surface area contributed by atoms with Crippen molar-refractivity contribution in [2.75, 3.05) is 0 Å². The van der Waals surface area contributed by atoms with Gasteiger partial charge in [0, 0.05) is 12.1 Å². The first kappa shape index (κ1) is 13.6. The molecule has 1 heteroatoms. The molecule has 0 aliphatic heterocycles. The van der Waals surface area contributed by atoms with Gasteiger partial charge in [-0.05, 0) is 50.5 Å². The van der Waals surface area contributed by atoms with E-state index in [1.165, 1.54) is 36.8 Å². The lowest BCUT2D eigenvalue weighted by atomic mass is 9.75. The van der Waals surface area contributed by atoms with Crippen LogP contribution in [0, 0.1) is 12.3 Å². The topological polar surface area (TPSA) is 12.0 Å². The van der Waals surface area contributed by atoms with Crippen molar-refractivity contribution in [2.45, 2.75) is 65.5 Å². The van der Waals surface area contributed by atoms with Crippen molar-refractivity contribution in [3.8, 4) is 0 Å². The number of nitrogens with one attached hydrogen (secondary N) is 1. The summed E-state index contributed by atoms with van der Waals surface area (Å²) < 4.78 is 0. The highest BCUT2D eigenvalue weighted by molar-refractivity contribution is 5.23. The molecule has 0 heterocycles. The van der Waals surface area contributed by atoms with Crippen LogP contribution >= 0.6 is 0 Å². The minimum atomic E-state index is 0.469. The summed E-state index contributed by atoms with van der Waals surface area (Å²) >= 11 is 0. The van der Waals surface area contributed by atoms with Gasteiger partial charge in [0.25, 0.3) is 0 Å². The van der Waals surface area contributed by atoms with Gasteiger partial charge in [0.05, 0.1) is 0 Å². The van der Waals surface area contributed by atoms with E-state index in [2.05, 4.69) is 57.3 Å². The standard InChI is InChI=1S/C17H27N/c1-13-5-7-15(8-6-13)14(2)18-16-9-11-17(3,4)12-10-16/h5-8,14,16,18H,9-12H2,1-4H3. The number of hydrogen-bond donors (Lipinski definition) is 1. The van der Waals surface area contributed by atoms with Crippen molar-refractivity contribution >= 4 is 0 Å². The monoisotopic (exact) mass is 245 g/mol. The van der Waals surface area contributed by atoms with Crippen molar-refractivity contribution in [1.82, 2.24) is 5.32 Å². The second-order valence-corrected chi connectivity index (χ2v) is 6.74. The molecule has 1 unspecified atom stereocenters. The van der Waals surface area contributed by atoms with E-state index in [4.69, 9.17) is 0 Å². The zero-order valence-corrected chi connectivity index (χ0v) is 12.3. The third-order valence-electron chi connectivity index (χ3n) is 4.40. The van der Waals surface area contributed by atoms with Crippen LogP contribution in [-0.2, 0) is 0 Å². The Morgan fingerprint density at radius 1 is 1.11 bits per heavy atom. The summed E-state index contributed by atoms with van der Waals surface area (Å²) in [5.74, 6) is 0. The molecule has 1 nitrogen and oxygen atoms in total. The van der Waals surface area contributed by atoms with Gasteiger partial charge in [-0.3, -0.25) is 0 Å².